The summed E-state index contributed by atoms with van der Waals surface area (Å²) in [5.41, 5.74) is 1.13. The van der Waals surface area contributed by atoms with Crippen molar-refractivity contribution in [3.63, 3.8) is 0 Å². The quantitative estimate of drug-likeness (QED) is 0.824. The Hall–Kier alpha value is -2.16. The van der Waals surface area contributed by atoms with Crippen LogP contribution in [0.5, 0.6) is 0 Å². The lowest BCUT2D eigenvalue weighted by Gasteiger charge is -2.26. The Morgan fingerprint density at radius 2 is 2.20 bits per heavy atom. The zero-order valence-electron chi connectivity index (χ0n) is 13.9. The van der Waals surface area contributed by atoms with E-state index in [4.69, 9.17) is 16.3 Å². The van der Waals surface area contributed by atoms with Gasteiger partial charge in [0.05, 0.1) is 36.1 Å². The van der Waals surface area contributed by atoms with E-state index in [0.717, 1.165) is 0 Å². The van der Waals surface area contributed by atoms with Crippen LogP contribution in [-0.2, 0) is 11.8 Å². The Bertz CT molecular complexity index is 745. The van der Waals surface area contributed by atoms with E-state index in [0.29, 0.717) is 48.3 Å². The first-order valence-corrected chi connectivity index (χ1v) is 8.35. The fourth-order valence-corrected chi connectivity index (χ4v) is 2.79. The highest BCUT2D eigenvalue weighted by Crippen LogP contribution is 2.22. The van der Waals surface area contributed by atoms with Gasteiger partial charge in [-0.1, -0.05) is 11.6 Å². The third-order valence-corrected chi connectivity index (χ3v) is 4.25. The number of aromatic nitrogens is 3. The van der Waals surface area contributed by atoms with Crippen molar-refractivity contribution in [3.05, 3.63) is 40.8 Å². The fourth-order valence-electron chi connectivity index (χ4n) is 2.56. The van der Waals surface area contributed by atoms with Crippen molar-refractivity contribution in [2.75, 3.05) is 38.2 Å². The molecule has 2 N–H and O–H groups in total. The number of amides is 1. The van der Waals surface area contributed by atoms with Gasteiger partial charge >= 0.3 is 0 Å². The largest absolute Gasteiger partial charge is 0.386 e. The molecule has 1 aliphatic rings. The summed E-state index contributed by atoms with van der Waals surface area (Å²) < 4.78 is 6.87. The minimum absolute atomic E-state index is 0.111. The summed E-state index contributed by atoms with van der Waals surface area (Å²) in [6.07, 6.45) is 4.10. The molecule has 1 aliphatic heterocycles. The molecule has 1 unspecified atom stereocenters. The van der Waals surface area contributed by atoms with Gasteiger partial charge in [-0.05, 0) is 6.07 Å². The highest BCUT2D eigenvalue weighted by molar-refractivity contribution is 6.33. The van der Waals surface area contributed by atoms with Gasteiger partial charge in [-0.15, -0.1) is 0 Å². The molecule has 0 radical (unpaired) electrons. The normalized spacial score (nSPS) is 15.9. The molecule has 2 aromatic rings. The molecule has 1 fully saturated rings. The highest BCUT2D eigenvalue weighted by Gasteiger charge is 2.20. The van der Waals surface area contributed by atoms with Crippen LogP contribution in [0.4, 0.5) is 5.82 Å². The average Bonchev–Trinajstić information content (AvgIpc) is 3.07. The number of carbonyl (C=O) groups is 1. The summed E-state index contributed by atoms with van der Waals surface area (Å²) >= 11 is 6.23. The number of carbonyl (C=O) groups excluding carboxylic acids is 1. The van der Waals surface area contributed by atoms with Crippen LogP contribution >= 0.6 is 11.6 Å². The molecule has 1 saturated heterocycles. The molecule has 1 amide bonds. The van der Waals surface area contributed by atoms with E-state index in [-0.39, 0.29) is 12.5 Å². The monoisotopic (exact) mass is 365 g/mol. The third-order valence-electron chi connectivity index (χ3n) is 3.96. The second kappa shape index (κ2) is 7.81. The first-order valence-electron chi connectivity index (χ1n) is 7.97. The van der Waals surface area contributed by atoms with Gasteiger partial charge in [0.25, 0.3) is 5.91 Å². The number of hydrogen-bond donors (Lipinski definition) is 2. The number of nitrogens with zero attached hydrogens (tertiary/aromatic N) is 4. The average molecular weight is 366 g/mol. The van der Waals surface area contributed by atoms with Gasteiger partial charge < -0.3 is 20.1 Å². The van der Waals surface area contributed by atoms with Crippen molar-refractivity contribution in [3.8, 4) is 0 Å². The number of aryl methyl sites for hydroxylation is 1. The maximum atomic E-state index is 12.4. The number of nitrogens with one attached hydrogen (secondary N) is 1. The molecule has 0 aromatic carbocycles. The van der Waals surface area contributed by atoms with Gasteiger partial charge in [0, 0.05) is 44.6 Å². The Labute approximate surface area is 150 Å². The summed E-state index contributed by atoms with van der Waals surface area (Å²) in [5.74, 6) is 0.308. The van der Waals surface area contributed by atoms with Crippen molar-refractivity contribution in [2.24, 2.45) is 7.05 Å². The first kappa shape index (κ1) is 17.7. The third kappa shape index (κ3) is 4.28. The number of anilines is 1. The van der Waals surface area contributed by atoms with Gasteiger partial charge in [0.2, 0.25) is 0 Å². The zero-order valence-corrected chi connectivity index (χ0v) is 14.6. The molecule has 0 spiro atoms. The molecule has 3 rings (SSSR count). The molecule has 8 nitrogen and oxygen atoms in total. The maximum absolute atomic E-state index is 12.4. The van der Waals surface area contributed by atoms with Crippen molar-refractivity contribution in [2.45, 2.75) is 6.10 Å². The second-order valence-electron chi connectivity index (χ2n) is 5.80. The van der Waals surface area contributed by atoms with Crippen LogP contribution in [-0.4, -0.2) is 63.5 Å². The van der Waals surface area contributed by atoms with E-state index in [1.165, 1.54) is 6.20 Å². The number of pyridine rings is 1. The molecule has 0 aliphatic carbocycles. The van der Waals surface area contributed by atoms with Crippen molar-refractivity contribution < 1.29 is 14.6 Å². The summed E-state index contributed by atoms with van der Waals surface area (Å²) in [4.78, 5) is 18.3. The van der Waals surface area contributed by atoms with Gasteiger partial charge in [0.15, 0.2) is 0 Å². The number of ether oxygens (including phenoxy) is 1. The smallest absolute Gasteiger partial charge is 0.255 e. The van der Waals surface area contributed by atoms with Crippen LogP contribution in [0.15, 0.2) is 24.7 Å². The predicted molar refractivity (Wildman–Crippen MR) is 92.6 cm³/mol. The molecule has 2 aromatic heterocycles. The Morgan fingerprint density at radius 3 is 2.84 bits per heavy atom. The van der Waals surface area contributed by atoms with Gasteiger partial charge in [-0.3, -0.25) is 9.48 Å². The fraction of sp³-hybridized carbons (Fsp3) is 0.438. The van der Waals surface area contributed by atoms with Crippen LogP contribution < -0.4 is 5.32 Å². The molecule has 0 saturated carbocycles. The second-order valence-corrected chi connectivity index (χ2v) is 6.21. The lowest BCUT2D eigenvalue weighted by molar-refractivity contribution is 0.0302. The van der Waals surface area contributed by atoms with Crippen LogP contribution in [0.25, 0.3) is 0 Å². The van der Waals surface area contributed by atoms with E-state index >= 15 is 0 Å². The van der Waals surface area contributed by atoms with Crippen molar-refractivity contribution in [1.82, 2.24) is 19.7 Å². The minimum atomic E-state index is -0.735. The Kier molecular flexibility index (Phi) is 5.52. The van der Waals surface area contributed by atoms with Crippen LogP contribution in [0.2, 0.25) is 5.02 Å². The molecular formula is C16H20ClN5O3. The minimum Gasteiger partial charge on any atom is -0.386 e. The van der Waals surface area contributed by atoms with Crippen molar-refractivity contribution in [1.29, 1.82) is 0 Å². The Morgan fingerprint density at radius 1 is 1.44 bits per heavy atom. The number of rotatable bonds is 5. The van der Waals surface area contributed by atoms with E-state index in [1.54, 1.807) is 35.1 Å². The van der Waals surface area contributed by atoms with E-state index in [1.807, 2.05) is 0 Å². The van der Waals surface area contributed by atoms with E-state index in [9.17, 15) is 9.90 Å². The van der Waals surface area contributed by atoms with Crippen LogP contribution in [0.3, 0.4) is 0 Å². The predicted octanol–water partition coefficient (Wildman–Crippen LogP) is 1.09. The van der Waals surface area contributed by atoms with Gasteiger partial charge in [-0.2, -0.15) is 5.10 Å². The summed E-state index contributed by atoms with van der Waals surface area (Å²) in [7, 11) is 1.78. The van der Waals surface area contributed by atoms with Crippen molar-refractivity contribution >= 4 is 23.3 Å². The zero-order chi connectivity index (χ0) is 17.8. The van der Waals surface area contributed by atoms with Gasteiger partial charge in [0.1, 0.15) is 5.82 Å². The lowest BCUT2D eigenvalue weighted by atomic mass is 10.2. The molecule has 9 heteroatoms. The summed E-state index contributed by atoms with van der Waals surface area (Å²) in [6, 6.07) is 1.59. The summed E-state index contributed by atoms with van der Waals surface area (Å²) in [6.45, 7) is 2.44. The molecule has 25 heavy (non-hydrogen) atoms. The highest BCUT2D eigenvalue weighted by atomic mass is 35.5. The van der Waals surface area contributed by atoms with E-state index in [2.05, 4.69) is 15.4 Å². The first-order chi connectivity index (χ1) is 12.0. The molecule has 1 atom stereocenters. The Balaban J connectivity index is 1.62. The number of morpholine rings is 1. The SMILES string of the molecule is Cn1cc(C(O)CNc2ncc(C(=O)N3CCOCC3)cc2Cl)cn1. The van der Waals surface area contributed by atoms with Crippen LogP contribution in [0, 0.1) is 0 Å². The van der Waals surface area contributed by atoms with Gasteiger partial charge in [-0.25, -0.2) is 4.98 Å². The topological polar surface area (TPSA) is 92.5 Å². The number of aliphatic hydroxyl groups excluding tert-OH is 1. The standard InChI is InChI=1S/C16H20ClN5O3/c1-21-10-12(8-20-21)14(23)9-19-15-13(17)6-11(7-18-15)16(24)22-2-4-25-5-3-22/h6-8,10,14,23H,2-5,9H2,1H3,(H,18,19). The molecular weight excluding hydrogens is 346 g/mol. The number of hydrogen-bond acceptors (Lipinski definition) is 6. The van der Waals surface area contributed by atoms with E-state index < -0.39 is 6.10 Å². The number of halogens is 1. The summed E-state index contributed by atoms with van der Waals surface area (Å²) in [5, 5.41) is 17.5. The lowest BCUT2D eigenvalue weighted by Crippen LogP contribution is -2.40. The molecule has 134 valence electrons. The maximum Gasteiger partial charge on any atom is 0.255 e. The molecule has 3 heterocycles. The number of aliphatic hydroxyl groups is 1. The molecule has 0 bridgehead atoms. The van der Waals surface area contributed by atoms with Crippen LogP contribution in [0.1, 0.15) is 22.0 Å².